The van der Waals surface area contributed by atoms with E-state index >= 15 is 0 Å². The molecule has 1 rings (SSSR count). The molecule has 0 aromatic carbocycles. The first-order valence-electron chi connectivity index (χ1n) is 5.48. The van der Waals surface area contributed by atoms with Gasteiger partial charge in [0, 0.05) is 25.2 Å². The third-order valence-electron chi connectivity index (χ3n) is 2.50. The number of hydrogen-bond donors (Lipinski definition) is 2. The second-order valence-electron chi connectivity index (χ2n) is 4.55. The highest BCUT2D eigenvalue weighted by Gasteiger charge is 2.17. The van der Waals surface area contributed by atoms with Gasteiger partial charge in [-0.05, 0) is 20.3 Å². The largest absolute Gasteiger partial charge is 0.368 e. The summed E-state index contributed by atoms with van der Waals surface area (Å²) in [6.07, 6.45) is 2.13. The van der Waals surface area contributed by atoms with Crippen molar-refractivity contribution in [2.45, 2.75) is 39.2 Å². The maximum absolute atomic E-state index is 6.14. The van der Waals surface area contributed by atoms with Crippen molar-refractivity contribution in [3.8, 4) is 0 Å². The quantitative estimate of drug-likeness (QED) is 0.777. The van der Waals surface area contributed by atoms with E-state index in [1.807, 2.05) is 24.7 Å². The molecular weight excluding hydrogens is 188 g/mol. The van der Waals surface area contributed by atoms with Crippen LogP contribution in [0.25, 0.3) is 0 Å². The summed E-state index contributed by atoms with van der Waals surface area (Å²) in [7, 11) is 1.93. The molecule has 1 atom stereocenters. The summed E-state index contributed by atoms with van der Waals surface area (Å²) in [5, 5.41) is 7.61. The molecule has 0 saturated heterocycles. The number of aryl methyl sites for hydroxylation is 2. The summed E-state index contributed by atoms with van der Waals surface area (Å²) < 4.78 is 1.84. The lowest BCUT2D eigenvalue weighted by molar-refractivity contribution is 0.448. The number of anilines is 1. The molecule has 1 unspecified atom stereocenters. The number of hydrogen-bond acceptors (Lipinski definition) is 3. The molecule has 15 heavy (non-hydrogen) atoms. The fourth-order valence-electron chi connectivity index (χ4n) is 1.73. The van der Waals surface area contributed by atoms with Crippen LogP contribution < -0.4 is 11.1 Å². The average Bonchev–Trinajstić information content (AvgIpc) is 2.42. The van der Waals surface area contributed by atoms with Gasteiger partial charge in [0.15, 0.2) is 0 Å². The van der Waals surface area contributed by atoms with Crippen LogP contribution in [0.2, 0.25) is 0 Å². The molecular formula is C11H22N4. The van der Waals surface area contributed by atoms with Gasteiger partial charge in [-0.25, -0.2) is 0 Å². The highest BCUT2D eigenvalue weighted by atomic mass is 15.3. The Bertz CT molecular complexity index is 314. The standard InChI is InChI=1S/C11H22N4/c1-5-6-11(3,12)8-13-10-7-9(2)14-15(10)4/h7,13H,5-6,8,12H2,1-4H3. The van der Waals surface area contributed by atoms with Crippen molar-refractivity contribution in [1.29, 1.82) is 0 Å². The zero-order valence-electron chi connectivity index (χ0n) is 10.2. The molecule has 0 aliphatic heterocycles. The lowest BCUT2D eigenvalue weighted by Gasteiger charge is -2.24. The van der Waals surface area contributed by atoms with E-state index in [4.69, 9.17) is 5.73 Å². The molecule has 4 nitrogen and oxygen atoms in total. The molecule has 3 N–H and O–H groups in total. The number of aromatic nitrogens is 2. The van der Waals surface area contributed by atoms with Gasteiger partial charge in [0.1, 0.15) is 5.82 Å². The number of nitrogens with two attached hydrogens (primary N) is 1. The van der Waals surface area contributed by atoms with Gasteiger partial charge in [-0.3, -0.25) is 4.68 Å². The van der Waals surface area contributed by atoms with Gasteiger partial charge >= 0.3 is 0 Å². The third-order valence-corrected chi connectivity index (χ3v) is 2.50. The molecule has 0 fully saturated rings. The Morgan fingerprint density at radius 3 is 2.73 bits per heavy atom. The van der Waals surface area contributed by atoms with Gasteiger partial charge in [0.2, 0.25) is 0 Å². The molecule has 1 aromatic rings. The zero-order valence-corrected chi connectivity index (χ0v) is 10.2. The van der Waals surface area contributed by atoms with Gasteiger partial charge in [0.25, 0.3) is 0 Å². The van der Waals surface area contributed by atoms with E-state index in [9.17, 15) is 0 Å². The summed E-state index contributed by atoms with van der Waals surface area (Å²) in [4.78, 5) is 0. The van der Waals surface area contributed by atoms with Crippen LogP contribution in [-0.4, -0.2) is 21.9 Å². The van der Waals surface area contributed by atoms with Crippen LogP contribution in [0.4, 0.5) is 5.82 Å². The van der Waals surface area contributed by atoms with E-state index in [1.54, 1.807) is 0 Å². The van der Waals surface area contributed by atoms with Crippen molar-refractivity contribution >= 4 is 5.82 Å². The Morgan fingerprint density at radius 1 is 1.60 bits per heavy atom. The smallest absolute Gasteiger partial charge is 0.124 e. The molecule has 86 valence electrons. The minimum absolute atomic E-state index is 0.146. The first kappa shape index (κ1) is 12.0. The number of nitrogens with one attached hydrogen (secondary N) is 1. The lowest BCUT2D eigenvalue weighted by atomic mass is 9.98. The Kier molecular flexibility index (Phi) is 3.74. The Balaban J connectivity index is 2.53. The summed E-state index contributed by atoms with van der Waals surface area (Å²) in [5.74, 6) is 1.03. The van der Waals surface area contributed by atoms with E-state index in [2.05, 4.69) is 24.3 Å². The fraction of sp³-hybridized carbons (Fsp3) is 0.727. The van der Waals surface area contributed by atoms with E-state index in [-0.39, 0.29) is 5.54 Å². The average molecular weight is 210 g/mol. The fourth-order valence-corrected chi connectivity index (χ4v) is 1.73. The van der Waals surface area contributed by atoms with Crippen LogP contribution in [0.15, 0.2) is 6.07 Å². The topological polar surface area (TPSA) is 55.9 Å². The maximum Gasteiger partial charge on any atom is 0.124 e. The first-order valence-corrected chi connectivity index (χ1v) is 5.48. The summed E-state index contributed by atoms with van der Waals surface area (Å²) >= 11 is 0. The lowest BCUT2D eigenvalue weighted by Crippen LogP contribution is -2.43. The van der Waals surface area contributed by atoms with Gasteiger partial charge < -0.3 is 11.1 Å². The van der Waals surface area contributed by atoms with Crippen molar-refractivity contribution in [2.75, 3.05) is 11.9 Å². The van der Waals surface area contributed by atoms with Crippen molar-refractivity contribution in [1.82, 2.24) is 9.78 Å². The van der Waals surface area contributed by atoms with Gasteiger partial charge in [-0.15, -0.1) is 0 Å². The van der Waals surface area contributed by atoms with Gasteiger partial charge in [0.05, 0.1) is 5.69 Å². The normalized spacial score (nSPS) is 15.0. The van der Waals surface area contributed by atoms with Crippen LogP contribution in [0.1, 0.15) is 32.4 Å². The van der Waals surface area contributed by atoms with E-state index in [1.165, 1.54) is 0 Å². The Hall–Kier alpha value is -1.03. The van der Waals surface area contributed by atoms with Crippen LogP contribution in [0, 0.1) is 6.92 Å². The molecule has 0 aliphatic rings. The molecule has 1 heterocycles. The maximum atomic E-state index is 6.14. The third kappa shape index (κ3) is 3.55. The molecule has 0 radical (unpaired) electrons. The van der Waals surface area contributed by atoms with E-state index < -0.39 is 0 Å². The summed E-state index contributed by atoms with van der Waals surface area (Å²) in [6, 6.07) is 2.03. The van der Waals surface area contributed by atoms with E-state index in [0.717, 1.165) is 30.9 Å². The molecule has 0 spiro atoms. The number of nitrogens with zero attached hydrogens (tertiary/aromatic N) is 2. The predicted molar refractivity (Wildman–Crippen MR) is 63.9 cm³/mol. The first-order chi connectivity index (χ1) is 6.94. The van der Waals surface area contributed by atoms with Gasteiger partial charge in [-0.1, -0.05) is 13.3 Å². The van der Waals surface area contributed by atoms with Crippen LogP contribution in [0.5, 0.6) is 0 Å². The second kappa shape index (κ2) is 4.66. The van der Waals surface area contributed by atoms with E-state index in [0.29, 0.717) is 0 Å². The SMILES string of the molecule is CCCC(C)(N)CNc1cc(C)nn1C. The monoisotopic (exact) mass is 210 g/mol. The van der Waals surface area contributed by atoms with Crippen LogP contribution in [0.3, 0.4) is 0 Å². The zero-order chi connectivity index (χ0) is 11.5. The molecule has 0 amide bonds. The minimum Gasteiger partial charge on any atom is -0.368 e. The second-order valence-corrected chi connectivity index (χ2v) is 4.55. The molecule has 1 aromatic heterocycles. The molecule has 0 saturated carbocycles. The van der Waals surface area contributed by atoms with Crippen molar-refractivity contribution in [3.63, 3.8) is 0 Å². The highest BCUT2D eigenvalue weighted by Crippen LogP contribution is 2.12. The predicted octanol–water partition coefficient (Wildman–Crippen LogP) is 1.66. The van der Waals surface area contributed by atoms with Crippen LogP contribution in [-0.2, 0) is 7.05 Å². The molecule has 4 heteroatoms. The Labute approximate surface area is 91.8 Å². The van der Waals surface area contributed by atoms with Crippen molar-refractivity contribution < 1.29 is 0 Å². The highest BCUT2D eigenvalue weighted by molar-refractivity contribution is 5.37. The summed E-state index contributed by atoms with van der Waals surface area (Å²) in [6.45, 7) is 6.99. The minimum atomic E-state index is -0.146. The van der Waals surface area contributed by atoms with Gasteiger partial charge in [-0.2, -0.15) is 5.10 Å². The molecule has 0 aliphatic carbocycles. The Morgan fingerprint density at radius 2 is 2.27 bits per heavy atom. The number of rotatable bonds is 5. The van der Waals surface area contributed by atoms with Crippen molar-refractivity contribution in [2.24, 2.45) is 12.8 Å². The summed E-state index contributed by atoms with van der Waals surface area (Å²) in [5.41, 5.74) is 7.02. The van der Waals surface area contributed by atoms with Crippen molar-refractivity contribution in [3.05, 3.63) is 11.8 Å². The van der Waals surface area contributed by atoms with Crippen LogP contribution >= 0.6 is 0 Å². The molecule has 0 bridgehead atoms.